The maximum Gasteiger partial charge on any atom is 0.323 e. The maximum atomic E-state index is 12.6. The Morgan fingerprint density at radius 1 is 1.18 bits per heavy atom. The molecule has 0 fully saturated rings. The van der Waals surface area contributed by atoms with Gasteiger partial charge in [-0.05, 0) is 36.5 Å². The van der Waals surface area contributed by atoms with Crippen molar-refractivity contribution in [2.24, 2.45) is 0 Å². The van der Waals surface area contributed by atoms with E-state index in [1.54, 1.807) is 7.11 Å². The molecule has 150 valence electrons. The van der Waals surface area contributed by atoms with Gasteiger partial charge in [-0.15, -0.1) is 0 Å². The summed E-state index contributed by atoms with van der Waals surface area (Å²) in [6.45, 7) is 3.69. The van der Waals surface area contributed by atoms with Crippen LogP contribution in [0.2, 0.25) is 0 Å². The first-order chi connectivity index (χ1) is 13.7. The van der Waals surface area contributed by atoms with Gasteiger partial charge in [0.1, 0.15) is 11.6 Å². The van der Waals surface area contributed by atoms with Gasteiger partial charge in [-0.2, -0.15) is 0 Å². The quantitative estimate of drug-likeness (QED) is 0.675. The molecule has 0 aliphatic carbocycles. The Bertz CT molecular complexity index is 764. The Morgan fingerprint density at radius 2 is 1.93 bits per heavy atom. The molecule has 1 aliphatic heterocycles. The molecule has 2 unspecified atom stereocenters. The third kappa shape index (κ3) is 4.79. The van der Waals surface area contributed by atoms with Crippen LogP contribution in [0, 0.1) is 0 Å². The van der Waals surface area contributed by atoms with Crippen LogP contribution < -0.4 is 5.32 Å². The number of nitrogens with one attached hydrogen (secondary N) is 1. The Hall–Kier alpha value is -2.21. The summed E-state index contributed by atoms with van der Waals surface area (Å²) in [7, 11) is 1.68. The third-order valence-electron chi connectivity index (χ3n) is 5.12. The fraction of sp³-hybridized carbons (Fsp3) is 0.435. The van der Waals surface area contributed by atoms with Crippen LogP contribution in [0.5, 0.6) is 0 Å². The zero-order chi connectivity index (χ0) is 19.8. The minimum Gasteiger partial charge on any atom is -0.465 e. The SMILES string of the molecule is CCOC(=O)C(Cc1ccccc1)NCC1(COC)OCCc2ccccc21. The van der Waals surface area contributed by atoms with Crippen molar-refractivity contribution in [1.29, 1.82) is 0 Å². The molecule has 0 saturated carbocycles. The molecule has 2 aromatic carbocycles. The number of carbonyl (C=O) groups excluding carboxylic acids is 1. The first kappa shape index (κ1) is 20.5. The summed E-state index contributed by atoms with van der Waals surface area (Å²) in [5.41, 5.74) is 2.85. The van der Waals surface area contributed by atoms with Crippen LogP contribution in [0.3, 0.4) is 0 Å². The van der Waals surface area contributed by atoms with Gasteiger partial charge in [0.15, 0.2) is 0 Å². The highest BCUT2D eigenvalue weighted by molar-refractivity contribution is 5.76. The second-order valence-corrected chi connectivity index (χ2v) is 7.06. The lowest BCUT2D eigenvalue weighted by atomic mass is 9.86. The van der Waals surface area contributed by atoms with Gasteiger partial charge in [-0.25, -0.2) is 0 Å². The third-order valence-corrected chi connectivity index (χ3v) is 5.12. The van der Waals surface area contributed by atoms with Crippen LogP contribution in [-0.4, -0.2) is 45.5 Å². The Labute approximate surface area is 167 Å². The lowest BCUT2D eigenvalue weighted by Crippen LogP contribution is -2.52. The Morgan fingerprint density at radius 3 is 2.68 bits per heavy atom. The number of fused-ring (bicyclic) bond motifs is 1. The molecule has 0 aromatic heterocycles. The lowest BCUT2D eigenvalue weighted by molar-refractivity contribution is -0.146. The summed E-state index contributed by atoms with van der Waals surface area (Å²) in [4.78, 5) is 12.6. The highest BCUT2D eigenvalue weighted by Crippen LogP contribution is 2.33. The van der Waals surface area contributed by atoms with Gasteiger partial charge in [0.25, 0.3) is 0 Å². The van der Waals surface area contributed by atoms with E-state index in [-0.39, 0.29) is 5.97 Å². The molecule has 1 heterocycles. The minimum atomic E-state index is -0.620. The topological polar surface area (TPSA) is 56.8 Å². The van der Waals surface area contributed by atoms with Crippen LogP contribution in [0.4, 0.5) is 0 Å². The van der Waals surface area contributed by atoms with Crippen LogP contribution in [0.1, 0.15) is 23.6 Å². The highest BCUT2D eigenvalue weighted by Gasteiger charge is 2.39. The number of esters is 1. The van der Waals surface area contributed by atoms with Crippen molar-refractivity contribution >= 4 is 5.97 Å². The highest BCUT2D eigenvalue weighted by atomic mass is 16.5. The molecule has 28 heavy (non-hydrogen) atoms. The molecular formula is C23H29NO4. The molecule has 0 amide bonds. The summed E-state index contributed by atoms with van der Waals surface area (Å²) in [6, 6.07) is 17.8. The fourth-order valence-electron chi connectivity index (χ4n) is 3.79. The molecule has 2 aromatic rings. The van der Waals surface area contributed by atoms with Crippen LogP contribution in [0.25, 0.3) is 0 Å². The molecule has 5 nitrogen and oxygen atoms in total. The summed E-state index contributed by atoms with van der Waals surface area (Å²) >= 11 is 0. The van der Waals surface area contributed by atoms with Crippen LogP contribution in [0.15, 0.2) is 54.6 Å². The van der Waals surface area contributed by atoms with Crippen molar-refractivity contribution < 1.29 is 19.0 Å². The molecule has 0 radical (unpaired) electrons. The molecule has 1 aliphatic rings. The molecule has 3 rings (SSSR count). The van der Waals surface area contributed by atoms with Crippen molar-refractivity contribution in [3.05, 3.63) is 71.3 Å². The molecule has 5 heteroatoms. The lowest BCUT2D eigenvalue weighted by Gasteiger charge is -2.39. The van der Waals surface area contributed by atoms with Crippen molar-refractivity contribution in [3.8, 4) is 0 Å². The zero-order valence-electron chi connectivity index (χ0n) is 16.6. The molecular weight excluding hydrogens is 354 g/mol. The number of hydrogen-bond acceptors (Lipinski definition) is 5. The van der Waals surface area contributed by atoms with Crippen molar-refractivity contribution in [3.63, 3.8) is 0 Å². The average Bonchev–Trinajstić information content (AvgIpc) is 2.72. The van der Waals surface area contributed by atoms with Gasteiger partial charge in [0.05, 0.1) is 19.8 Å². The monoisotopic (exact) mass is 383 g/mol. The van der Waals surface area contributed by atoms with E-state index in [1.807, 2.05) is 49.4 Å². The van der Waals surface area contributed by atoms with E-state index in [0.29, 0.717) is 32.8 Å². The van der Waals surface area contributed by atoms with E-state index in [2.05, 4.69) is 17.4 Å². The molecule has 0 bridgehead atoms. The van der Waals surface area contributed by atoms with Gasteiger partial charge in [-0.3, -0.25) is 4.79 Å². The van der Waals surface area contributed by atoms with E-state index in [9.17, 15) is 4.79 Å². The number of hydrogen-bond donors (Lipinski definition) is 1. The van der Waals surface area contributed by atoms with Crippen molar-refractivity contribution in [1.82, 2.24) is 5.32 Å². The summed E-state index contributed by atoms with van der Waals surface area (Å²) in [6.07, 6.45) is 1.44. The van der Waals surface area contributed by atoms with Crippen LogP contribution in [-0.2, 0) is 37.4 Å². The number of rotatable bonds is 9. The van der Waals surface area contributed by atoms with E-state index in [0.717, 1.165) is 17.5 Å². The van der Waals surface area contributed by atoms with E-state index >= 15 is 0 Å². The molecule has 1 N–H and O–H groups in total. The van der Waals surface area contributed by atoms with Gasteiger partial charge in [0.2, 0.25) is 0 Å². The Balaban J connectivity index is 1.81. The number of benzene rings is 2. The van der Waals surface area contributed by atoms with E-state index in [1.165, 1.54) is 5.56 Å². The van der Waals surface area contributed by atoms with Gasteiger partial charge >= 0.3 is 5.97 Å². The number of methoxy groups -OCH3 is 1. The predicted octanol–water partition coefficient (Wildman–Crippen LogP) is 2.87. The normalized spacial score (nSPS) is 19.6. The van der Waals surface area contributed by atoms with Gasteiger partial charge in [0, 0.05) is 13.7 Å². The molecule has 0 spiro atoms. The predicted molar refractivity (Wildman–Crippen MR) is 108 cm³/mol. The van der Waals surface area contributed by atoms with Gasteiger partial charge in [-0.1, -0.05) is 54.6 Å². The maximum absolute atomic E-state index is 12.6. The average molecular weight is 383 g/mol. The Kier molecular flexibility index (Phi) is 7.20. The first-order valence-corrected chi connectivity index (χ1v) is 9.84. The number of carbonyl (C=O) groups is 1. The summed E-state index contributed by atoms with van der Waals surface area (Å²) in [5, 5.41) is 3.41. The van der Waals surface area contributed by atoms with Crippen molar-refractivity contribution in [2.75, 3.05) is 33.5 Å². The molecule has 2 atom stereocenters. The largest absolute Gasteiger partial charge is 0.465 e. The summed E-state index contributed by atoms with van der Waals surface area (Å²) < 4.78 is 17.1. The molecule has 0 saturated heterocycles. The van der Waals surface area contributed by atoms with Crippen molar-refractivity contribution in [2.45, 2.75) is 31.4 Å². The second-order valence-electron chi connectivity index (χ2n) is 7.06. The van der Waals surface area contributed by atoms with Crippen LogP contribution >= 0.6 is 0 Å². The fourth-order valence-corrected chi connectivity index (χ4v) is 3.79. The summed E-state index contributed by atoms with van der Waals surface area (Å²) in [5.74, 6) is -0.247. The standard InChI is InChI=1S/C23H29NO4/c1-3-27-22(25)21(15-18-9-5-4-6-10-18)24-16-23(17-26-2)20-12-8-7-11-19(20)13-14-28-23/h4-12,21,24H,3,13-17H2,1-2H3. The minimum absolute atomic E-state index is 0.247. The van der Waals surface area contributed by atoms with Gasteiger partial charge < -0.3 is 19.5 Å². The van der Waals surface area contributed by atoms with E-state index < -0.39 is 11.6 Å². The smallest absolute Gasteiger partial charge is 0.323 e. The zero-order valence-corrected chi connectivity index (χ0v) is 16.6. The first-order valence-electron chi connectivity index (χ1n) is 9.84. The number of ether oxygens (including phenoxy) is 3. The second kappa shape index (κ2) is 9.82. The van der Waals surface area contributed by atoms with E-state index in [4.69, 9.17) is 14.2 Å².